The fraction of sp³-hybridized carbons (Fsp3) is 0.520. The largest absolute Gasteiger partial charge is 0.403 e. The first kappa shape index (κ1) is 30.0. The summed E-state index contributed by atoms with van der Waals surface area (Å²) in [4.78, 5) is 48.9. The van der Waals surface area contributed by atoms with Crippen LogP contribution >= 0.6 is 0 Å². The van der Waals surface area contributed by atoms with Gasteiger partial charge in [0.1, 0.15) is 6.04 Å². The summed E-state index contributed by atoms with van der Waals surface area (Å²) in [5, 5.41) is 16.4. The molecule has 0 spiro atoms. The average molecular weight is 527 g/mol. The van der Waals surface area contributed by atoms with Crippen LogP contribution < -0.4 is 16.0 Å². The van der Waals surface area contributed by atoms with Gasteiger partial charge >= 0.3 is 6.18 Å². The van der Waals surface area contributed by atoms with Gasteiger partial charge in [-0.05, 0) is 36.5 Å². The molecule has 1 unspecified atom stereocenters. The van der Waals surface area contributed by atoms with Crippen molar-refractivity contribution in [1.82, 2.24) is 15.5 Å². The van der Waals surface area contributed by atoms with E-state index in [1.165, 1.54) is 0 Å². The Labute approximate surface area is 213 Å². The van der Waals surface area contributed by atoms with Crippen molar-refractivity contribution in [1.29, 1.82) is 0 Å². The smallest absolute Gasteiger partial charge is 0.392 e. The topological polar surface area (TPSA) is 128 Å². The Morgan fingerprint density at radius 1 is 1.00 bits per heavy atom. The van der Waals surface area contributed by atoms with Crippen molar-refractivity contribution in [3.8, 4) is 0 Å². The molecule has 4 N–H and O–H groups in total. The van der Waals surface area contributed by atoms with Crippen LogP contribution in [0.1, 0.15) is 45.1 Å². The molecule has 0 bridgehead atoms. The van der Waals surface area contributed by atoms with Crippen molar-refractivity contribution in [3.05, 3.63) is 42.0 Å². The van der Waals surface area contributed by atoms with E-state index in [0.29, 0.717) is 24.1 Å². The normalized spacial score (nSPS) is 15.3. The molecule has 0 saturated heterocycles. The second-order valence-electron chi connectivity index (χ2n) is 9.11. The van der Waals surface area contributed by atoms with E-state index in [1.54, 1.807) is 38.1 Å². The third-order valence-electron chi connectivity index (χ3n) is 5.84. The summed E-state index contributed by atoms with van der Waals surface area (Å²) in [5.74, 6) is -2.63. The van der Waals surface area contributed by atoms with E-state index in [0.717, 1.165) is 17.1 Å². The van der Waals surface area contributed by atoms with Crippen molar-refractivity contribution < 1.29 is 37.5 Å². The molecule has 0 radical (unpaired) electrons. The Bertz CT molecular complexity index is 962. The van der Waals surface area contributed by atoms with E-state index < -0.39 is 54.4 Å². The fourth-order valence-electron chi connectivity index (χ4n) is 3.75. The zero-order chi connectivity index (χ0) is 27.6. The highest BCUT2D eigenvalue weighted by Crippen LogP contribution is 2.25. The number of benzene rings is 1. The van der Waals surface area contributed by atoms with Crippen LogP contribution in [0.25, 0.3) is 0 Å². The fourth-order valence-corrected chi connectivity index (χ4v) is 3.75. The monoisotopic (exact) mass is 526 g/mol. The summed E-state index contributed by atoms with van der Waals surface area (Å²) in [6.07, 6.45) is -1.67. The second kappa shape index (κ2) is 13.9. The zero-order valence-electron chi connectivity index (χ0n) is 20.8. The van der Waals surface area contributed by atoms with Crippen molar-refractivity contribution in [3.63, 3.8) is 0 Å². The number of aliphatic hydroxyl groups excluding tert-OH is 1. The maximum atomic E-state index is 13.7. The summed E-state index contributed by atoms with van der Waals surface area (Å²) < 4.78 is 41.1. The zero-order valence-corrected chi connectivity index (χ0v) is 20.8. The maximum absolute atomic E-state index is 13.7. The average Bonchev–Trinajstić information content (AvgIpc) is 3.15. The lowest BCUT2D eigenvalue weighted by Gasteiger charge is -2.29. The number of rotatable bonds is 14. The van der Waals surface area contributed by atoms with Crippen LogP contribution in [0.15, 0.2) is 36.4 Å². The molecule has 2 rings (SSSR count). The Kier molecular flexibility index (Phi) is 11.3. The van der Waals surface area contributed by atoms with E-state index in [1.807, 2.05) is 0 Å². The van der Waals surface area contributed by atoms with Crippen LogP contribution in [0, 0.1) is 5.92 Å². The number of alkyl halides is 3. The molecule has 1 aliphatic heterocycles. The number of carbonyl (C=O) groups excluding carboxylic acids is 4. The molecule has 1 aromatic carbocycles. The number of aliphatic hydroxyl groups is 1. The third kappa shape index (κ3) is 9.62. The van der Waals surface area contributed by atoms with Crippen LogP contribution in [0.5, 0.6) is 0 Å². The number of halogens is 3. The van der Waals surface area contributed by atoms with Crippen LogP contribution in [0.4, 0.5) is 18.9 Å². The van der Waals surface area contributed by atoms with E-state index in [4.69, 9.17) is 5.11 Å². The van der Waals surface area contributed by atoms with Gasteiger partial charge in [0.15, 0.2) is 0 Å². The Balaban J connectivity index is 1.84. The van der Waals surface area contributed by atoms with E-state index >= 15 is 0 Å². The number of hydrogen-bond acceptors (Lipinski definition) is 6. The van der Waals surface area contributed by atoms with Crippen LogP contribution in [0.2, 0.25) is 0 Å². The number of hydrogen-bond donors (Lipinski definition) is 4. The lowest BCUT2D eigenvalue weighted by Crippen LogP contribution is -2.56. The first-order chi connectivity index (χ1) is 17.4. The molecule has 4 amide bonds. The Hall–Kier alpha value is -3.25. The SMILES string of the molecule is CC(C)C(N[C@@H](CCCCCN1C(=O)C=CC1=O)C(F)(F)F)C(=O)NCC(=O)Nc1ccc(CO)cc1. The quantitative estimate of drug-likeness (QED) is 0.218. The molecule has 1 aromatic rings. The molecule has 12 heteroatoms. The molecule has 37 heavy (non-hydrogen) atoms. The summed E-state index contributed by atoms with van der Waals surface area (Å²) in [7, 11) is 0. The van der Waals surface area contributed by atoms with Crippen molar-refractivity contribution in [2.45, 2.75) is 64.4 Å². The molecule has 9 nitrogen and oxygen atoms in total. The highest BCUT2D eigenvalue weighted by Gasteiger charge is 2.41. The van der Waals surface area contributed by atoms with Crippen LogP contribution in [0.3, 0.4) is 0 Å². The minimum Gasteiger partial charge on any atom is -0.392 e. The highest BCUT2D eigenvalue weighted by atomic mass is 19.4. The van der Waals surface area contributed by atoms with Gasteiger partial charge in [-0.2, -0.15) is 13.2 Å². The van der Waals surface area contributed by atoms with Gasteiger partial charge in [-0.15, -0.1) is 0 Å². The lowest BCUT2D eigenvalue weighted by atomic mass is 10.00. The van der Waals surface area contributed by atoms with E-state index in [-0.39, 0.29) is 26.0 Å². The minimum atomic E-state index is -4.60. The highest BCUT2D eigenvalue weighted by molar-refractivity contribution is 6.12. The van der Waals surface area contributed by atoms with Gasteiger partial charge in [-0.25, -0.2) is 0 Å². The summed E-state index contributed by atoms with van der Waals surface area (Å²) in [6, 6.07) is 3.26. The molecule has 0 aliphatic carbocycles. The number of carbonyl (C=O) groups is 4. The molecule has 1 heterocycles. The molecule has 0 saturated carbocycles. The maximum Gasteiger partial charge on any atom is 0.403 e. The standard InChI is InChI=1S/C25H33F3N4O5/c1-16(2)23(24(37)29-14-20(34)30-18-9-7-17(15-33)8-10-18)31-19(25(26,27)28)6-4-3-5-13-32-21(35)11-12-22(32)36/h7-12,16,19,23,31,33H,3-6,13-15H2,1-2H3,(H,29,37)(H,30,34)/t19-,23?/m0/s1. The van der Waals surface area contributed by atoms with E-state index in [2.05, 4.69) is 16.0 Å². The summed E-state index contributed by atoms with van der Waals surface area (Å²) in [6.45, 7) is 2.77. The second-order valence-corrected chi connectivity index (χ2v) is 9.11. The third-order valence-corrected chi connectivity index (χ3v) is 5.84. The van der Waals surface area contributed by atoms with Gasteiger partial charge in [-0.1, -0.05) is 38.8 Å². The van der Waals surface area contributed by atoms with Gasteiger partial charge in [0.2, 0.25) is 11.8 Å². The van der Waals surface area contributed by atoms with Crippen LogP contribution in [-0.2, 0) is 25.8 Å². The molecule has 0 aromatic heterocycles. The van der Waals surface area contributed by atoms with Gasteiger partial charge in [0.05, 0.1) is 19.2 Å². The number of nitrogens with zero attached hydrogens (tertiary/aromatic N) is 1. The molecule has 0 fully saturated rings. The number of imide groups is 1. The number of amides is 4. The first-order valence-electron chi connectivity index (χ1n) is 12.1. The molecule has 2 atom stereocenters. The predicted molar refractivity (Wildman–Crippen MR) is 130 cm³/mol. The van der Waals surface area contributed by atoms with Gasteiger partial charge in [0.25, 0.3) is 11.8 Å². The van der Waals surface area contributed by atoms with Crippen molar-refractivity contribution >= 4 is 29.3 Å². The number of anilines is 1. The van der Waals surface area contributed by atoms with Crippen molar-refractivity contribution in [2.75, 3.05) is 18.4 Å². The summed E-state index contributed by atoms with van der Waals surface area (Å²) in [5.41, 5.74) is 1.10. The minimum absolute atomic E-state index is 0.138. The summed E-state index contributed by atoms with van der Waals surface area (Å²) >= 11 is 0. The van der Waals surface area contributed by atoms with E-state index in [9.17, 15) is 32.3 Å². The predicted octanol–water partition coefficient (Wildman–Crippen LogP) is 2.26. The lowest BCUT2D eigenvalue weighted by molar-refractivity contribution is -0.161. The molecule has 204 valence electrons. The van der Waals surface area contributed by atoms with Gasteiger partial charge in [-0.3, -0.25) is 29.4 Å². The molecule has 1 aliphatic rings. The van der Waals surface area contributed by atoms with Gasteiger partial charge in [0, 0.05) is 24.4 Å². The number of unbranched alkanes of at least 4 members (excludes halogenated alkanes) is 2. The Morgan fingerprint density at radius 3 is 2.16 bits per heavy atom. The van der Waals surface area contributed by atoms with Crippen molar-refractivity contribution in [2.24, 2.45) is 5.92 Å². The Morgan fingerprint density at radius 2 is 1.62 bits per heavy atom. The molecular weight excluding hydrogens is 493 g/mol. The first-order valence-corrected chi connectivity index (χ1v) is 12.1. The van der Waals surface area contributed by atoms with Gasteiger partial charge < -0.3 is 15.7 Å². The van der Waals surface area contributed by atoms with Crippen LogP contribution in [-0.4, -0.2) is 65.0 Å². The molecular formula is C25H33F3N4O5. The number of nitrogens with one attached hydrogen (secondary N) is 3.